The van der Waals surface area contributed by atoms with Crippen LogP contribution in [0.2, 0.25) is 0 Å². The SMILES string of the molecule is NC(=O)c1c(NC(=O)CN2CCN(Cc3cccc(C(F)(F)F)c3)CC2)sc2c1CCCC2. The first-order valence-corrected chi connectivity index (χ1v) is 11.9. The number of rotatable bonds is 6. The smallest absolute Gasteiger partial charge is 0.365 e. The fourth-order valence-corrected chi connectivity index (χ4v) is 5.80. The number of primary amides is 1. The minimum Gasteiger partial charge on any atom is -0.365 e. The van der Waals surface area contributed by atoms with Crippen molar-refractivity contribution in [1.82, 2.24) is 9.80 Å². The third kappa shape index (κ3) is 5.74. The lowest BCUT2D eigenvalue weighted by atomic mass is 9.95. The Hall–Kier alpha value is -2.43. The quantitative estimate of drug-likeness (QED) is 0.664. The molecule has 0 spiro atoms. The Labute approximate surface area is 194 Å². The fraction of sp³-hybridized carbons (Fsp3) is 0.478. The normalized spacial score (nSPS) is 17.5. The Balaban J connectivity index is 1.30. The number of anilines is 1. The second-order valence-corrected chi connectivity index (χ2v) is 9.68. The average molecular weight is 481 g/mol. The third-order valence-electron chi connectivity index (χ3n) is 6.16. The number of carbonyl (C=O) groups is 2. The van der Waals surface area contributed by atoms with Gasteiger partial charge in [0.15, 0.2) is 0 Å². The van der Waals surface area contributed by atoms with Gasteiger partial charge in [0.05, 0.1) is 17.7 Å². The highest BCUT2D eigenvalue weighted by atomic mass is 32.1. The maximum Gasteiger partial charge on any atom is 0.416 e. The Morgan fingerprint density at radius 2 is 1.76 bits per heavy atom. The monoisotopic (exact) mass is 480 g/mol. The molecule has 10 heteroatoms. The van der Waals surface area contributed by atoms with Gasteiger partial charge in [0.25, 0.3) is 5.91 Å². The molecule has 6 nitrogen and oxygen atoms in total. The third-order valence-corrected chi connectivity index (χ3v) is 7.37. The number of fused-ring (bicyclic) bond motifs is 1. The van der Waals surface area contributed by atoms with Gasteiger partial charge in [0, 0.05) is 37.6 Å². The molecule has 3 N–H and O–H groups in total. The molecule has 2 aliphatic rings. The summed E-state index contributed by atoms with van der Waals surface area (Å²) in [6.45, 7) is 3.21. The van der Waals surface area contributed by atoms with Crippen molar-refractivity contribution in [2.45, 2.75) is 38.4 Å². The number of alkyl halides is 3. The van der Waals surface area contributed by atoms with Crippen LogP contribution in [-0.2, 0) is 30.4 Å². The molecule has 0 radical (unpaired) electrons. The number of halogens is 3. The molecular formula is C23H27F3N4O2S. The molecule has 0 unspecified atom stereocenters. The van der Waals surface area contributed by atoms with E-state index >= 15 is 0 Å². The fourth-order valence-electron chi connectivity index (χ4n) is 4.49. The van der Waals surface area contributed by atoms with Crippen LogP contribution in [0.15, 0.2) is 24.3 Å². The van der Waals surface area contributed by atoms with Crippen LogP contribution in [0.1, 0.15) is 44.8 Å². The molecule has 178 valence electrons. The number of thiophene rings is 1. The van der Waals surface area contributed by atoms with Crippen LogP contribution in [0, 0.1) is 0 Å². The van der Waals surface area contributed by atoms with E-state index in [1.807, 2.05) is 4.90 Å². The van der Waals surface area contributed by atoms with Gasteiger partial charge >= 0.3 is 6.18 Å². The second-order valence-electron chi connectivity index (χ2n) is 8.58. The van der Waals surface area contributed by atoms with E-state index in [4.69, 9.17) is 5.73 Å². The summed E-state index contributed by atoms with van der Waals surface area (Å²) in [6.07, 6.45) is -0.540. The van der Waals surface area contributed by atoms with Crippen LogP contribution in [-0.4, -0.2) is 54.3 Å². The number of hydrogen-bond acceptors (Lipinski definition) is 5. The lowest BCUT2D eigenvalue weighted by Gasteiger charge is -2.34. The number of nitrogens with one attached hydrogen (secondary N) is 1. The van der Waals surface area contributed by atoms with Gasteiger partial charge in [0.2, 0.25) is 5.91 Å². The standard InChI is InChI=1S/C23H27F3N4O2S/c24-23(25,26)16-5-3-4-15(12-16)13-29-8-10-30(11-9-29)14-19(31)28-22-20(21(27)32)17-6-1-2-7-18(17)33-22/h3-5,12H,1-2,6-11,13-14H2,(H2,27,32)(H,28,31). The van der Waals surface area contributed by atoms with E-state index in [2.05, 4.69) is 10.2 Å². The molecule has 4 rings (SSSR count). The first-order valence-electron chi connectivity index (χ1n) is 11.1. The summed E-state index contributed by atoms with van der Waals surface area (Å²) in [5, 5.41) is 3.43. The maximum absolute atomic E-state index is 12.9. The predicted octanol–water partition coefficient (Wildman–Crippen LogP) is 3.50. The summed E-state index contributed by atoms with van der Waals surface area (Å²) in [7, 11) is 0. The molecule has 2 heterocycles. The first-order chi connectivity index (χ1) is 15.7. The van der Waals surface area contributed by atoms with Crippen LogP contribution in [0.3, 0.4) is 0 Å². The van der Waals surface area contributed by atoms with Gasteiger partial charge in [-0.25, -0.2) is 0 Å². The molecule has 1 aromatic carbocycles. The lowest BCUT2D eigenvalue weighted by Crippen LogP contribution is -2.48. The molecule has 0 atom stereocenters. The van der Waals surface area contributed by atoms with Crippen LogP contribution in [0.4, 0.5) is 18.2 Å². The number of carbonyl (C=O) groups excluding carboxylic acids is 2. The predicted molar refractivity (Wildman–Crippen MR) is 121 cm³/mol. The number of aryl methyl sites for hydroxylation is 1. The van der Waals surface area contributed by atoms with Crippen molar-refractivity contribution < 1.29 is 22.8 Å². The van der Waals surface area contributed by atoms with E-state index in [9.17, 15) is 22.8 Å². The first kappa shape index (κ1) is 23.7. The molecule has 1 aliphatic heterocycles. The van der Waals surface area contributed by atoms with Crippen LogP contribution >= 0.6 is 11.3 Å². The van der Waals surface area contributed by atoms with Crippen molar-refractivity contribution in [3.63, 3.8) is 0 Å². The largest absolute Gasteiger partial charge is 0.416 e. The van der Waals surface area contributed by atoms with Crippen molar-refractivity contribution in [3.8, 4) is 0 Å². The van der Waals surface area contributed by atoms with E-state index in [0.29, 0.717) is 48.9 Å². The van der Waals surface area contributed by atoms with Gasteiger partial charge in [-0.2, -0.15) is 13.2 Å². The van der Waals surface area contributed by atoms with E-state index in [0.717, 1.165) is 42.2 Å². The summed E-state index contributed by atoms with van der Waals surface area (Å²) in [4.78, 5) is 29.9. The number of nitrogens with zero attached hydrogens (tertiary/aromatic N) is 2. The van der Waals surface area contributed by atoms with Gasteiger partial charge in [0.1, 0.15) is 5.00 Å². The molecule has 0 saturated carbocycles. The molecule has 33 heavy (non-hydrogen) atoms. The molecule has 1 aliphatic carbocycles. The Morgan fingerprint density at radius 1 is 1.06 bits per heavy atom. The number of piperazine rings is 1. The number of amides is 2. The summed E-state index contributed by atoms with van der Waals surface area (Å²) >= 11 is 1.45. The zero-order chi connectivity index (χ0) is 23.6. The van der Waals surface area contributed by atoms with E-state index in [-0.39, 0.29) is 12.5 Å². The minimum absolute atomic E-state index is 0.192. The summed E-state index contributed by atoms with van der Waals surface area (Å²) in [5.41, 5.74) is 7.01. The van der Waals surface area contributed by atoms with E-state index in [1.54, 1.807) is 6.07 Å². The lowest BCUT2D eigenvalue weighted by molar-refractivity contribution is -0.137. The highest BCUT2D eigenvalue weighted by molar-refractivity contribution is 7.17. The number of hydrogen-bond donors (Lipinski definition) is 2. The zero-order valence-electron chi connectivity index (χ0n) is 18.2. The van der Waals surface area contributed by atoms with Gasteiger partial charge in [-0.3, -0.25) is 19.4 Å². The molecule has 0 bridgehead atoms. The molecule has 1 saturated heterocycles. The Kier molecular flexibility index (Phi) is 7.06. The number of benzene rings is 1. The van der Waals surface area contributed by atoms with Crippen LogP contribution in [0.25, 0.3) is 0 Å². The Bertz CT molecular complexity index is 1030. The summed E-state index contributed by atoms with van der Waals surface area (Å²) in [5.74, 6) is -0.699. The van der Waals surface area contributed by atoms with E-state index < -0.39 is 17.6 Å². The van der Waals surface area contributed by atoms with Gasteiger partial charge in [-0.1, -0.05) is 18.2 Å². The van der Waals surface area contributed by atoms with Crippen molar-refractivity contribution in [2.75, 3.05) is 38.0 Å². The molecule has 1 fully saturated rings. The van der Waals surface area contributed by atoms with Crippen molar-refractivity contribution >= 4 is 28.2 Å². The molecule has 1 aromatic heterocycles. The van der Waals surface area contributed by atoms with Crippen molar-refractivity contribution in [1.29, 1.82) is 0 Å². The van der Waals surface area contributed by atoms with Crippen LogP contribution in [0.5, 0.6) is 0 Å². The summed E-state index contributed by atoms with van der Waals surface area (Å²) < 4.78 is 38.8. The highest BCUT2D eigenvalue weighted by Gasteiger charge is 2.31. The van der Waals surface area contributed by atoms with Gasteiger partial charge < -0.3 is 11.1 Å². The van der Waals surface area contributed by atoms with Crippen molar-refractivity contribution in [2.24, 2.45) is 5.73 Å². The topological polar surface area (TPSA) is 78.7 Å². The number of nitrogens with two attached hydrogens (primary N) is 1. The zero-order valence-corrected chi connectivity index (χ0v) is 19.0. The van der Waals surface area contributed by atoms with Gasteiger partial charge in [-0.05, 0) is 42.9 Å². The van der Waals surface area contributed by atoms with Crippen molar-refractivity contribution in [3.05, 3.63) is 51.4 Å². The average Bonchev–Trinajstić information content (AvgIpc) is 3.12. The van der Waals surface area contributed by atoms with Gasteiger partial charge in [-0.15, -0.1) is 11.3 Å². The summed E-state index contributed by atoms with van der Waals surface area (Å²) in [6, 6.07) is 5.40. The molecule has 2 amide bonds. The maximum atomic E-state index is 12.9. The Morgan fingerprint density at radius 3 is 2.45 bits per heavy atom. The minimum atomic E-state index is -4.35. The molecular weight excluding hydrogens is 453 g/mol. The molecule has 2 aromatic rings. The highest BCUT2D eigenvalue weighted by Crippen LogP contribution is 2.38. The van der Waals surface area contributed by atoms with E-state index in [1.165, 1.54) is 23.5 Å². The van der Waals surface area contributed by atoms with Crippen LogP contribution < -0.4 is 11.1 Å². The second kappa shape index (κ2) is 9.82.